The number of likely N-dealkylation sites (tertiary alicyclic amines) is 1. The minimum atomic E-state index is -0.962. The summed E-state index contributed by atoms with van der Waals surface area (Å²) in [5.41, 5.74) is 0. The summed E-state index contributed by atoms with van der Waals surface area (Å²) >= 11 is 0. The Morgan fingerprint density at radius 1 is 1.15 bits per heavy atom. The highest BCUT2D eigenvalue weighted by molar-refractivity contribution is 5.87. The third-order valence-electron chi connectivity index (χ3n) is 3.98. The van der Waals surface area contributed by atoms with Crippen LogP contribution in [0.1, 0.15) is 25.7 Å². The van der Waals surface area contributed by atoms with E-state index in [0.717, 1.165) is 19.3 Å². The van der Waals surface area contributed by atoms with Crippen molar-refractivity contribution in [2.24, 2.45) is 0 Å². The number of carbonyl (C=O) groups is 3. The predicted molar refractivity (Wildman–Crippen MR) is 71.2 cm³/mol. The average Bonchev–Trinajstić information content (AvgIpc) is 2.60. The Kier molecular flexibility index (Phi) is 4.46. The molecule has 0 aromatic carbocycles. The summed E-state index contributed by atoms with van der Waals surface area (Å²) in [5.74, 6) is -1.06. The zero-order valence-electron chi connectivity index (χ0n) is 11.7. The molecule has 0 aromatic heterocycles. The van der Waals surface area contributed by atoms with Crippen molar-refractivity contribution in [3.05, 3.63) is 0 Å². The van der Waals surface area contributed by atoms with E-state index < -0.39 is 12.0 Å². The van der Waals surface area contributed by atoms with Gasteiger partial charge in [-0.15, -0.1) is 0 Å². The SMILES string of the molecule is CN1CCCN(C(=O)N2CCCCC2C(=O)O)CC1=O. The maximum atomic E-state index is 12.5. The first-order valence-corrected chi connectivity index (χ1v) is 7.03. The van der Waals surface area contributed by atoms with Gasteiger partial charge in [-0.2, -0.15) is 0 Å². The van der Waals surface area contributed by atoms with Crippen LogP contribution in [0.5, 0.6) is 0 Å². The van der Waals surface area contributed by atoms with Gasteiger partial charge in [0.25, 0.3) is 0 Å². The van der Waals surface area contributed by atoms with E-state index in [-0.39, 0.29) is 18.5 Å². The maximum Gasteiger partial charge on any atom is 0.326 e. The number of urea groups is 1. The topological polar surface area (TPSA) is 81.2 Å². The number of amides is 3. The zero-order chi connectivity index (χ0) is 14.7. The summed E-state index contributed by atoms with van der Waals surface area (Å²) in [6.45, 7) is 1.62. The molecule has 112 valence electrons. The molecule has 1 unspecified atom stereocenters. The number of hydrogen-bond donors (Lipinski definition) is 1. The van der Waals surface area contributed by atoms with Gasteiger partial charge in [-0.3, -0.25) is 4.79 Å². The van der Waals surface area contributed by atoms with E-state index in [0.29, 0.717) is 26.1 Å². The minimum absolute atomic E-state index is 0.0399. The second-order valence-electron chi connectivity index (χ2n) is 5.42. The van der Waals surface area contributed by atoms with Gasteiger partial charge in [-0.05, 0) is 25.7 Å². The quantitative estimate of drug-likeness (QED) is 0.746. The highest BCUT2D eigenvalue weighted by atomic mass is 16.4. The molecule has 0 spiro atoms. The van der Waals surface area contributed by atoms with Gasteiger partial charge >= 0.3 is 12.0 Å². The van der Waals surface area contributed by atoms with Gasteiger partial charge in [0.15, 0.2) is 0 Å². The van der Waals surface area contributed by atoms with Gasteiger partial charge in [-0.25, -0.2) is 9.59 Å². The number of nitrogens with zero attached hydrogens (tertiary/aromatic N) is 3. The van der Waals surface area contributed by atoms with Crippen LogP contribution in [-0.4, -0.2) is 77.0 Å². The zero-order valence-corrected chi connectivity index (χ0v) is 11.7. The average molecular weight is 283 g/mol. The second-order valence-corrected chi connectivity index (χ2v) is 5.42. The Hall–Kier alpha value is -1.79. The van der Waals surface area contributed by atoms with E-state index >= 15 is 0 Å². The van der Waals surface area contributed by atoms with Crippen molar-refractivity contribution in [2.45, 2.75) is 31.7 Å². The fourth-order valence-electron chi connectivity index (χ4n) is 2.75. The molecule has 0 saturated carbocycles. The first-order valence-electron chi connectivity index (χ1n) is 7.03. The Balaban J connectivity index is 2.08. The van der Waals surface area contributed by atoms with Crippen molar-refractivity contribution in [1.29, 1.82) is 0 Å². The number of piperidine rings is 1. The Bertz CT molecular complexity index is 412. The first kappa shape index (κ1) is 14.6. The molecule has 2 rings (SSSR count). The van der Waals surface area contributed by atoms with Crippen LogP contribution in [0.15, 0.2) is 0 Å². The normalized spacial score (nSPS) is 24.6. The van der Waals surface area contributed by atoms with E-state index in [2.05, 4.69) is 0 Å². The largest absolute Gasteiger partial charge is 0.480 e. The Morgan fingerprint density at radius 3 is 2.60 bits per heavy atom. The van der Waals surface area contributed by atoms with Gasteiger partial charge in [-0.1, -0.05) is 0 Å². The third kappa shape index (κ3) is 3.02. The molecule has 1 N–H and O–H groups in total. The van der Waals surface area contributed by atoms with Gasteiger partial charge in [0, 0.05) is 26.7 Å². The molecule has 2 aliphatic rings. The number of hydrogen-bond acceptors (Lipinski definition) is 3. The molecule has 2 saturated heterocycles. The number of carboxylic acid groups (broad SMARTS) is 1. The molecule has 7 heteroatoms. The van der Waals surface area contributed by atoms with Crippen molar-refractivity contribution in [3.8, 4) is 0 Å². The third-order valence-corrected chi connectivity index (χ3v) is 3.98. The van der Waals surface area contributed by atoms with Gasteiger partial charge in [0.1, 0.15) is 12.6 Å². The number of rotatable bonds is 1. The molecule has 3 amide bonds. The number of likely N-dealkylation sites (N-methyl/N-ethyl adjacent to an activating group) is 1. The first-order chi connectivity index (χ1) is 9.50. The summed E-state index contributed by atoms with van der Waals surface area (Å²) in [6.07, 6.45) is 2.85. The predicted octanol–water partition coefficient (Wildman–Crippen LogP) is 0.210. The van der Waals surface area contributed by atoms with Crippen LogP contribution >= 0.6 is 0 Å². The standard InChI is InChI=1S/C13H21N3O4/c1-14-6-4-7-15(9-11(14)17)13(20)16-8-3-2-5-10(16)12(18)19/h10H,2-9H2,1H3,(H,18,19). The molecule has 2 fully saturated rings. The van der Waals surface area contributed by atoms with Crippen molar-refractivity contribution < 1.29 is 19.5 Å². The lowest BCUT2D eigenvalue weighted by atomic mass is 10.0. The van der Waals surface area contributed by atoms with Crippen molar-refractivity contribution in [3.63, 3.8) is 0 Å². The fourth-order valence-corrected chi connectivity index (χ4v) is 2.75. The van der Waals surface area contributed by atoms with E-state index in [4.69, 9.17) is 0 Å². The summed E-state index contributed by atoms with van der Waals surface area (Å²) in [7, 11) is 1.72. The molecule has 0 radical (unpaired) electrons. The molecule has 1 atom stereocenters. The van der Waals surface area contributed by atoms with Crippen LogP contribution in [0.2, 0.25) is 0 Å². The van der Waals surface area contributed by atoms with Crippen molar-refractivity contribution in [2.75, 3.05) is 33.2 Å². The number of carboxylic acids is 1. The smallest absolute Gasteiger partial charge is 0.326 e. The lowest BCUT2D eigenvalue weighted by molar-refractivity contribution is -0.143. The highest BCUT2D eigenvalue weighted by Gasteiger charge is 2.35. The molecule has 7 nitrogen and oxygen atoms in total. The minimum Gasteiger partial charge on any atom is -0.480 e. The lowest BCUT2D eigenvalue weighted by Gasteiger charge is -2.36. The van der Waals surface area contributed by atoms with E-state index in [1.807, 2.05) is 0 Å². The molecule has 0 bridgehead atoms. The molecule has 2 aliphatic heterocycles. The van der Waals surface area contributed by atoms with E-state index in [1.165, 1.54) is 9.80 Å². The highest BCUT2D eigenvalue weighted by Crippen LogP contribution is 2.19. The van der Waals surface area contributed by atoms with Gasteiger partial charge in [0.05, 0.1) is 0 Å². The maximum absolute atomic E-state index is 12.5. The van der Waals surface area contributed by atoms with Gasteiger partial charge in [0.2, 0.25) is 5.91 Å². The molecule has 20 heavy (non-hydrogen) atoms. The Labute approximate surface area is 118 Å². The van der Waals surface area contributed by atoms with Crippen LogP contribution in [0.4, 0.5) is 4.79 Å². The monoisotopic (exact) mass is 283 g/mol. The van der Waals surface area contributed by atoms with Crippen molar-refractivity contribution >= 4 is 17.9 Å². The molecular weight excluding hydrogens is 262 g/mol. The molecule has 2 heterocycles. The summed E-state index contributed by atoms with van der Waals surface area (Å²) in [4.78, 5) is 40.1. The summed E-state index contributed by atoms with van der Waals surface area (Å²) < 4.78 is 0. The van der Waals surface area contributed by atoms with Crippen LogP contribution in [0.25, 0.3) is 0 Å². The van der Waals surface area contributed by atoms with Crippen LogP contribution in [0.3, 0.4) is 0 Å². The van der Waals surface area contributed by atoms with Crippen molar-refractivity contribution in [1.82, 2.24) is 14.7 Å². The van der Waals surface area contributed by atoms with Crippen LogP contribution in [0, 0.1) is 0 Å². The van der Waals surface area contributed by atoms with Crippen LogP contribution < -0.4 is 0 Å². The van der Waals surface area contributed by atoms with E-state index in [1.54, 1.807) is 11.9 Å². The molecule has 0 aliphatic carbocycles. The molecular formula is C13H21N3O4. The Morgan fingerprint density at radius 2 is 1.90 bits per heavy atom. The van der Waals surface area contributed by atoms with Gasteiger partial charge < -0.3 is 19.8 Å². The lowest BCUT2D eigenvalue weighted by Crippen LogP contribution is -2.54. The summed E-state index contributed by atoms with van der Waals surface area (Å²) in [5, 5.41) is 9.22. The van der Waals surface area contributed by atoms with Crippen LogP contribution in [-0.2, 0) is 9.59 Å². The second kappa shape index (κ2) is 6.11. The van der Waals surface area contributed by atoms with E-state index in [9.17, 15) is 19.5 Å². The number of carbonyl (C=O) groups excluding carboxylic acids is 2. The fraction of sp³-hybridized carbons (Fsp3) is 0.769. The number of aliphatic carboxylic acids is 1. The summed E-state index contributed by atoms with van der Waals surface area (Å²) in [6, 6.07) is -1.08. The molecule has 0 aromatic rings.